The van der Waals surface area contributed by atoms with E-state index in [-0.39, 0.29) is 0 Å². The van der Waals surface area contributed by atoms with E-state index < -0.39 is 0 Å². The van der Waals surface area contributed by atoms with Gasteiger partial charge in [-0.05, 0) is 6.42 Å². The smallest absolute Gasteiger partial charge is 0.151 e. The highest BCUT2D eigenvalue weighted by Crippen LogP contribution is 2.13. The van der Waals surface area contributed by atoms with Crippen LogP contribution >= 0.6 is 11.6 Å². The van der Waals surface area contributed by atoms with Gasteiger partial charge in [0.05, 0.1) is 5.69 Å². The predicted octanol–water partition coefficient (Wildman–Crippen LogP) is 1.86. The van der Waals surface area contributed by atoms with Gasteiger partial charge in [0.15, 0.2) is 5.15 Å². The summed E-state index contributed by atoms with van der Waals surface area (Å²) in [4.78, 5) is 11.7. The summed E-state index contributed by atoms with van der Waals surface area (Å²) in [6.07, 6.45) is 5.56. The molecule has 0 atom stereocenters. The first-order valence-corrected chi connectivity index (χ1v) is 6.95. The lowest BCUT2D eigenvalue weighted by Crippen LogP contribution is -2.17. The minimum atomic E-state index is 0.568. The fourth-order valence-electron chi connectivity index (χ4n) is 1.79. The largest absolute Gasteiger partial charge is 0.344 e. The minimum absolute atomic E-state index is 0.568. The van der Waals surface area contributed by atoms with Gasteiger partial charge in [0.25, 0.3) is 0 Å². The maximum atomic E-state index is 6.09. The third-order valence-corrected chi connectivity index (χ3v) is 3.16. The summed E-state index contributed by atoms with van der Waals surface area (Å²) in [6, 6.07) is 0. The summed E-state index contributed by atoms with van der Waals surface area (Å²) in [7, 11) is 0. The Morgan fingerprint density at radius 3 is 2.95 bits per heavy atom. The molecule has 0 saturated heterocycles. The van der Waals surface area contributed by atoms with Crippen LogP contribution in [0.4, 0.5) is 0 Å². The zero-order chi connectivity index (χ0) is 13.5. The average Bonchev–Trinajstić information content (AvgIpc) is 3.02. The molecule has 0 spiro atoms. The van der Waals surface area contributed by atoms with Crippen LogP contribution in [0.2, 0.25) is 5.15 Å². The quantitative estimate of drug-likeness (QED) is 0.646. The van der Waals surface area contributed by atoms with E-state index in [2.05, 4.69) is 37.4 Å². The van der Waals surface area contributed by atoms with Crippen LogP contribution in [0.3, 0.4) is 0 Å². The Hall–Kier alpha value is -1.40. The lowest BCUT2D eigenvalue weighted by atomic mass is 10.2. The van der Waals surface area contributed by atoms with E-state index in [9.17, 15) is 0 Å². The normalized spacial score (nSPS) is 11.1. The van der Waals surface area contributed by atoms with Crippen LogP contribution in [0.15, 0.2) is 6.33 Å². The molecule has 0 fully saturated rings. The fraction of sp³-hybridized carbons (Fsp3) is 0.583. The molecule has 0 unspecified atom stereocenters. The number of aromatic nitrogens is 5. The van der Waals surface area contributed by atoms with Gasteiger partial charge in [0.1, 0.15) is 18.0 Å². The number of nitrogens with one attached hydrogen (secondary N) is 3. The van der Waals surface area contributed by atoms with Crippen LogP contribution in [-0.4, -0.2) is 31.7 Å². The molecule has 0 aliphatic heterocycles. The van der Waals surface area contributed by atoms with E-state index in [1.54, 1.807) is 0 Å². The number of hydrogen-bond acceptors (Lipinski definition) is 4. The van der Waals surface area contributed by atoms with Crippen molar-refractivity contribution in [1.29, 1.82) is 0 Å². The molecule has 104 valence electrons. The number of imidazole rings is 1. The number of hydrogen-bond donors (Lipinski definition) is 3. The van der Waals surface area contributed by atoms with Gasteiger partial charge in [-0.2, -0.15) is 5.10 Å². The number of aromatic amines is 2. The van der Waals surface area contributed by atoms with Crippen molar-refractivity contribution >= 4 is 11.6 Å². The van der Waals surface area contributed by atoms with Gasteiger partial charge < -0.3 is 10.3 Å². The molecule has 2 aromatic rings. The van der Waals surface area contributed by atoms with Crippen molar-refractivity contribution in [2.24, 2.45) is 0 Å². The molecular formula is C12H19ClN6. The molecule has 0 aliphatic carbocycles. The van der Waals surface area contributed by atoms with Crippen molar-refractivity contribution in [1.82, 2.24) is 30.5 Å². The Kier molecular flexibility index (Phi) is 5.35. The van der Waals surface area contributed by atoms with E-state index in [1.165, 1.54) is 6.33 Å². The molecule has 0 saturated carbocycles. The van der Waals surface area contributed by atoms with Crippen LogP contribution in [0.25, 0.3) is 0 Å². The SMILES string of the molecule is CCCCc1nc(Cl)c(CNCCc2ncn[nH]2)[nH]1. The molecular weight excluding hydrogens is 264 g/mol. The molecule has 3 N–H and O–H groups in total. The molecule has 19 heavy (non-hydrogen) atoms. The van der Waals surface area contributed by atoms with Gasteiger partial charge in [-0.1, -0.05) is 24.9 Å². The van der Waals surface area contributed by atoms with E-state index in [0.29, 0.717) is 11.7 Å². The van der Waals surface area contributed by atoms with Crippen molar-refractivity contribution in [3.8, 4) is 0 Å². The van der Waals surface area contributed by atoms with E-state index in [1.807, 2.05) is 0 Å². The summed E-state index contributed by atoms with van der Waals surface area (Å²) >= 11 is 6.09. The standard InChI is InChI=1S/C12H19ClN6/c1-2-3-4-11-17-9(12(13)18-11)7-14-6-5-10-15-8-16-19-10/h8,14H,2-7H2,1H3,(H,17,18)(H,15,16,19). The molecule has 2 heterocycles. The van der Waals surface area contributed by atoms with Gasteiger partial charge in [-0.25, -0.2) is 9.97 Å². The molecule has 2 rings (SSSR count). The number of rotatable bonds is 8. The lowest BCUT2D eigenvalue weighted by molar-refractivity contribution is 0.661. The van der Waals surface area contributed by atoms with Crippen LogP contribution < -0.4 is 5.32 Å². The molecule has 0 aromatic carbocycles. The van der Waals surface area contributed by atoms with Crippen molar-refractivity contribution in [2.75, 3.05) is 6.54 Å². The molecule has 6 nitrogen and oxygen atoms in total. The van der Waals surface area contributed by atoms with Crippen LogP contribution in [-0.2, 0) is 19.4 Å². The van der Waals surface area contributed by atoms with Crippen LogP contribution in [0, 0.1) is 0 Å². The molecule has 0 aliphatic rings. The molecule has 0 radical (unpaired) electrons. The number of halogens is 1. The Labute approximate surface area is 117 Å². The Balaban J connectivity index is 1.74. The van der Waals surface area contributed by atoms with Crippen molar-refractivity contribution in [2.45, 2.75) is 39.2 Å². The third kappa shape index (κ3) is 4.33. The second-order valence-corrected chi connectivity index (χ2v) is 4.77. The Morgan fingerprint density at radius 2 is 2.21 bits per heavy atom. The summed E-state index contributed by atoms with van der Waals surface area (Å²) in [5.74, 6) is 1.85. The minimum Gasteiger partial charge on any atom is -0.344 e. The van der Waals surface area contributed by atoms with Crippen molar-refractivity contribution in [3.05, 3.63) is 28.8 Å². The molecule has 2 aromatic heterocycles. The maximum Gasteiger partial charge on any atom is 0.151 e. The topological polar surface area (TPSA) is 82.3 Å². The summed E-state index contributed by atoms with van der Waals surface area (Å²) < 4.78 is 0. The number of aryl methyl sites for hydroxylation is 1. The van der Waals surface area contributed by atoms with Crippen LogP contribution in [0.1, 0.15) is 37.1 Å². The maximum absolute atomic E-state index is 6.09. The highest BCUT2D eigenvalue weighted by Gasteiger charge is 2.07. The second kappa shape index (κ2) is 7.25. The first-order valence-electron chi connectivity index (χ1n) is 6.57. The molecule has 7 heteroatoms. The zero-order valence-electron chi connectivity index (χ0n) is 11.0. The average molecular weight is 283 g/mol. The fourth-order valence-corrected chi connectivity index (χ4v) is 2.01. The Bertz CT molecular complexity index is 478. The van der Waals surface area contributed by atoms with Crippen molar-refractivity contribution < 1.29 is 0 Å². The van der Waals surface area contributed by atoms with Crippen molar-refractivity contribution in [3.63, 3.8) is 0 Å². The van der Waals surface area contributed by atoms with Gasteiger partial charge in [-0.3, -0.25) is 5.10 Å². The van der Waals surface area contributed by atoms with E-state index in [0.717, 1.165) is 49.6 Å². The van der Waals surface area contributed by atoms with Gasteiger partial charge in [0.2, 0.25) is 0 Å². The third-order valence-electron chi connectivity index (χ3n) is 2.85. The first kappa shape index (κ1) is 14.0. The van der Waals surface area contributed by atoms with Crippen LogP contribution in [0.5, 0.6) is 0 Å². The summed E-state index contributed by atoms with van der Waals surface area (Å²) in [6.45, 7) is 3.66. The zero-order valence-corrected chi connectivity index (χ0v) is 11.8. The lowest BCUT2D eigenvalue weighted by Gasteiger charge is -2.01. The number of unbranched alkanes of at least 4 members (excludes halogenated alkanes) is 1. The Morgan fingerprint density at radius 1 is 1.32 bits per heavy atom. The molecule has 0 bridgehead atoms. The van der Waals surface area contributed by atoms with Gasteiger partial charge in [0, 0.05) is 25.9 Å². The summed E-state index contributed by atoms with van der Waals surface area (Å²) in [5.41, 5.74) is 0.949. The van der Waals surface area contributed by atoms with Gasteiger partial charge in [-0.15, -0.1) is 0 Å². The monoisotopic (exact) mass is 282 g/mol. The van der Waals surface area contributed by atoms with Gasteiger partial charge >= 0.3 is 0 Å². The first-order chi connectivity index (χ1) is 9.29. The predicted molar refractivity (Wildman–Crippen MR) is 74.0 cm³/mol. The highest BCUT2D eigenvalue weighted by atomic mass is 35.5. The molecule has 0 amide bonds. The number of nitrogens with zero attached hydrogens (tertiary/aromatic N) is 3. The highest BCUT2D eigenvalue weighted by molar-refractivity contribution is 6.30. The van der Waals surface area contributed by atoms with E-state index >= 15 is 0 Å². The number of H-pyrrole nitrogens is 2. The second-order valence-electron chi connectivity index (χ2n) is 4.42. The van der Waals surface area contributed by atoms with E-state index in [4.69, 9.17) is 11.6 Å². The summed E-state index contributed by atoms with van der Waals surface area (Å²) in [5, 5.41) is 10.5.